The van der Waals surface area contributed by atoms with E-state index in [0.29, 0.717) is 0 Å². The molecule has 0 fully saturated rings. The third-order valence-electron chi connectivity index (χ3n) is 3.29. The van der Waals surface area contributed by atoms with Crippen LogP contribution in [0.15, 0.2) is 16.9 Å². The second-order valence-corrected chi connectivity index (χ2v) is 4.63. The number of benzene rings is 1. The molecular formula is C13H19N3O. The molecule has 0 saturated heterocycles. The van der Waals surface area contributed by atoms with E-state index in [1.54, 1.807) is 9.13 Å². The molecule has 92 valence electrons. The normalized spacial score (nSPS) is 11.1. The summed E-state index contributed by atoms with van der Waals surface area (Å²) in [6.07, 6.45) is 0.972. The lowest BCUT2D eigenvalue weighted by Gasteiger charge is -2.16. The van der Waals surface area contributed by atoms with Crippen molar-refractivity contribution < 1.29 is 0 Å². The zero-order valence-electron chi connectivity index (χ0n) is 11.1. The van der Waals surface area contributed by atoms with Crippen LogP contribution in [0.25, 0.3) is 11.0 Å². The third-order valence-corrected chi connectivity index (χ3v) is 3.29. The molecule has 0 atom stereocenters. The molecule has 0 unspecified atom stereocenters. The van der Waals surface area contributed by atoms with Gasteiger partial charge in [0, 0.05) is 28.2 Å². The van der Waals surface area contributed by atoms with E-state index in [1.165, 1.54) is 5.56 Å². The van der Waals surface area contributed by atoms with E-state index in [2.05, 4.69) is 24.0 Å². The van der Waals surface area contributed by atoms with Crippen molar-refractivity contribution in [2.24, 2.45) is 14.1 Å². The molecule has 1 aromatic heterocycles. The molecule has 0 amide bonds. The third kappa shape index (κ3) is 1.64. The van der Waals surface area contributed by atoms with Gasteiger partial charge < -0.3 is 4.90 Å². The van der Waals surface area contributed by atoms with Gasteiger partial charge in [0.15, 0.2) is 0 Å². The molecule has 0 spiro atoms. The molecule has 0 saturated carbocycles. The van der Waals surface area contributed by atoms with Gasteiger partial charge >= 0.3 is 5.69 Å². The van der Waals surface area contributed by atoms with Crippen LogP contribution in [0.2, 0.25) is 0 Å². The minimum absolute atomic E-state index is 0.0244. The Morgan fingerprint density at radius 3 is 2.35 bits per heavy atom. The number of hydrogen-bond donors (Lipinski definition) is 0. The van der Waals surface area contributed by atoms with E-state index in [9.17, 15) is 4.79 Å². The summed E-state index contributed by atoms with van der Waals surface area (Å²) in [6.45, 7) is 2.13. The average molecular weight is 233 g/mol. The molecule has 0 bridgehead atoms. The van der Waals surface area contributed by atoms with Crippen molar-refractivity contribution in [3.8, 4) is 0 Å². The van der Waals surface area contributed by atoms with Crippen molar-refractivity contribution in [3.63, 3.8) is 0 Å². The van der Waals surface area contributed by atoms with Crippen LogP contribution in [0, 0.1) is 0 Å². The zero-order valence-corrected chi connectivity index (χ0v) is 11.1. The Balaban J connectivity index is 2.96. The molecule has 2 rings (SSSR count). The highest BCUT2D eigenvalue weighted by Crippen LogP contribution is 2.26. The number of aryl methyl sites for hydroxylation is 3. The number of rotatable bonds is 2. The summed E-state index contributed by atoms with van der Waals surface area (Å²) < 4.78 is 3.42. The van der Waals surface area contributed by atoms with Crippen molar-refractivity contribution in [1.82, 2.24) is 9.13 Å². The molecule has 0 radical (unpaired) electrons. The molecule has 1 heterocycles. The van der Waals surface area contributed by atoms with Crippen molar-refractivity contribution in [1.29, 1.82) is 0 Å². The number of anilines is 1. The van der Waals surface area contributed by atoms with Crippen LogP contribution in [0.1, 0.15) is 12.5 Å². The highest BCUT2D eigenvalue weighted by atomic mass is 16.1. The molecular weight excluding hydrogens is 214 g/mol. The maximum absolute atomic E-state index is 12.0. The summed E-state index contributed by atoms with van der Waals surface area (Å²) >= 11 is 0. The van der Waals surface area contributed by atoms with E-state index in [0.717, 1.165) is 23.1 Å². The van der Waals surface area contributed by atoms with E-state index in [4.69, 9.17) is 0 Å². The lowest BCUT2D eigenvalue weighted by Crippen LogP contribution is -2.19. The van der Waals surface area contributed by atoms with Gasteiger partial charge in [-0.2, -0.15) is 0 Å². The maximum Gasteiger partial charge on any atom is 0.328 e. The maximum atomic E-state index is 12.0. The standard InChI is InChI=1S/C13H19N3O/c1-6-9-7-10(14(2)3)12-11(8-9)15(4)13(17)16(12)5/h7-8H,6H2,1-5H3. The monoisotopic (exact) mass is 233 g/mol. The highest BCUT2D eigenvalue weighted by molar-refractivity contribution is 5.90. The van der Waals surface area contributed by atoms with Gasteiger partial charge in [0.25, 0.3) is 0 Å². The molecule has 2 aromatic rings. The largest absolute Gasteiger partial charge is 0.376 e. The van der Waals surface area contributed by atoms with Crippen LogP contribution in [-0.4, -0.2) is 23.2 Å². The van der Waals surface area contributed by atoms with Gasteiger partial charge in [0.05, 0.1) is 16.7 Å². The number of imidazole rings is 1. The van der Waals surface area contributed by atoms with Crippen LogP contribution in [0.4, 0.5) is 5.69 Å². The van der Waals surface area contributed by atoms with Crippen LogP contribution < -0.4 is 10.6 Å². The first-order valence-electron chi connectivity index (χ1n) is 5.83. The predicted molar refractivity (Wildman–Crippen MR) is 71.9 cm³/mol. The molecule has 0 aliphatic carbocycles. The zero-order chi connectivity index (χ0) is 12.7. The Morgan fingerprint density at radius 1 is 1.18 bits per heavy atom. The fourth-order valence-corrected chi connectivity index (χ4v) is 2.23. The van der Waals surface area contributed by atoms with Gasteiger partial charge in [-0.25, -0.2) is 4.79 Å². The smallest absolute Gasteiger partial charge is 0.328 e. The van der Waals surface area contributed by atoms with Crippen molar-refractivity contribution in [2.45, 2.75) is 13.3 Å². The van der Waals surface area contributed by atoms with E-state index >= 15 is 0 Å². The molecule has 0 N–H and O–H groups in total. The van der Waals surface area contributed by atoms with Crippen LogP contribution in [-0.2, 0) is 20.5 Å². The van der Waals surface area contributed by atoms with Crippen LogP contribution in [0.5, 0.6) is 0 Å². The number of aromatic nitrogens is 2. The number of hydrogen-bond acceptors (Lipinski definition) is 2. The highest BCUT2D eigenvalue weighted by Gasteiger charge is 2.14. The van der Waals surface area contributed by atoms with Crippen molar-refractivity contribution >= 4 is 16.7 Å². The topological polar surface area (TPSA) is 30.2 Å². The van der Waals surface area contributed by atoms with Crippen molar-refractivity contribution in [3.05, 3.63) is 28.2 Å². The van der Waals surface area contributed by atoms with Gasteiger partial charge in [0.1, 0.15) is 0 Å². The van der Waals surface area contributed by atoms with Gasteiger partial charge in [-0.1, -0.05) is 6.92 Å². The summed E-state index contributed by atoms with van der Waals surface area (Å²) in [5, 5.41) is 0. The Morgan fingerprint density at radius 2 is 1.82 bits per heavy atom. The minimum Gasteiger partial charge on any atom is -0.376 e. The van der Waals surface area contributed by atoms with Gasteiger partial charge in [-0.15, -0.1) is 0 Å². The Labute approximate surface area is 101 Å². The Bertz CT molecular complexity index is 620. The van der Waals surface area contributed by atoms with Gasteiger partial charge in [0.2, 0.25) is 0 Å². The summed E-state index contributed by atoms with van der Waals surface area (Å²) in [7, 11) is 7.66. The average Bonchev–Trinajstić information content (AvgIpc) is 2.53. The molecule has 4 heteroatoms. The second kappa shape index (κ2) is 3.95. The quantitative estimate of drug-likeness (QED) is 0.787. The van der Waals surface area contributed by atoms with Gasteiger partial charge in [-0.3, -0.25) is 9.13 Å². The fraction of sp³-hybridized carbons (Fsp3) is 0.462. The SMILES string of the molecule is CCc1cc(N(C)C)c2c(c1)n(C)c(=O)n2C. The summed E-state index contributed by atoms with van der Waals surface area (Å²) in [4.78, 5) is 14.0. The predicted octanol–water partition coefficient (Wildman–Crippen LogP) is 1.51. The Hall–Kier alpha value is -1.71. The lowest BCUT2D eigenvalue weighted by atomic mass is 10.1. The summed E-state index contributed by atoms with van der Waals surface area (Å²) in [5.74, 6) is 0. The molecule has 1 aromatic carbocycles. The lowest BCUT2D eigenvalue weighted by molar-refractivity contribution is 0.794. The number of fused-ring (bicyclic) bond motifs is 1. The van der Waals surface area contributed by atoms with Crippen molar-refractivity contribution in [2.75, 3.05) is 19.0 Å². The molecule has 4 nitrogen and oxygen atoms in total. The Kier molecular flexibility index (Phi) is 2.73. The first-order valence-corrected chi connectivity index (χ1v) is 5.83. The number of nitrogens with zero attached hydrogens (tertiary/aromatic N) is 3. The van der Waals surface area contributed by atoms with Crippen LogP contribution in [0.3, 0.4) is 0 Å². The minimum atomic E-state index is 0.0244. The van der Waals surface area contributed by atoms with E-state index in [-0.39, 0.29) is 5.69 Å². The molecule has 0 aliphatic rings. The summed E-state index contributed by atoms with van der Waals surface area (Å²) in [5.41, 5.74) is 4.37. The van der Waals surface area contributed by atoms with E-state index in [1.807, 2.05) is 28.2 Å². The van der Waals surface area contributed by atoms with E-state index < -0.39 is 0 Å². The second-order valence-electron chi connectivity index (χ2n) is 4.63. The summed E-state index contributed by atoms with van der Waals surface area (Å²) in [6, 6.07) is 4.26. The first kappa shape index (κ1) is 11.8. The van der Waals surface area contributed by atoms with Crippen LogP contribution >= 0.6 is 0 Å². The molecule has 0 aliphatic heterocycles. The first-order chi connectivity index (χ1) is 7.97. The molecule has 17 heavy (non-hydrogen) atoms. The van der Waals surface area contributed by atoms with Gasteiger partial charge in [-0.05, 0) is 24.1 Å². The fourth-order valence-electron chi connectivity index (χ4n) is 2.23.